The number of hydrogen-bond acceptors (Lipinski definition) is 9. The highest BCUT2D eigenvalue weighted by Crippen LogP contribution is 2.26. The van der Waals surface area contributed by atoms with Gasteiger partial charge in [-0.2, -0.15) is 5.10 Å². The molecule has 1 fully saturated rings. The highest BCUT2D eigenvalue weighted by Gasteiger charge is 2.21. The van der Waals surface area contributed by atoms with E-state index in [1.54, 1.807) is 19.1 Å². The maximum atomic E-state index is 12.6. The van der Waals surface area contributed by atoms with Crippen molar-refractivity contribution < 1.29 is 19.1 Å². The predicted molar refractivity (Wildman–Crippen MR) is 125 cm³/mol. The molecule has 2 N–H and O–H groups in total. The van der Waals surface area contributed by atoms with Crippen molar-refractivity contribution in [3.8, 4) is 5.75 Å². The Morgan fingerprint density at radius 1 is 1.09 bits per heavy atom. The lowest BCUT2D eigenvalue weighted by molar-refractivity contribution is 0.0844. The number of thiazole rings is 1. The fraction of sp³-hybridized carbons (Fsp3) is 0.318. The van der Waals surface area contributed by atoms with Gasteiger partial charge in [-0.3, -0.25) is 25.2 Å². The van der Waals surface area contributed by atoms with Crippen molar-refractivity contribution in [1.29, 1.82) is 0 Å². The molecular weight excluding hydrogens is 460 g/mol. The first-order valence-corrected chi connectivity index (χ1v) is 11.5. The molecule has 2 amide bonds. The summed E-state index contributed by atoms with van der Waals surface area (Å²) in [5.74, 6) is -0.462. The maximum Gasteiger partial charge on any atom is 0.290 e. The number of hydrogen-bond donors (Lipinski definition) is 2. The first-order chi connectivity index (χ1) is 16.5. The zero-order valence-electron chi connectivity index (χ0n) is 18.5. The van der Waals surface area contributed by atoms with Crippen LogP contribution >= 0.6 is 11.3 Å². The van der Waals surface area contributed by atoms with E-state index >= 15 is 0 Å². The van der Waals surface area contributed by atoms with Gasteiger partial charge in [-0.25, -0.2) is 9.67 Å². The number of aromatic nitrogens is 3. The standard InChI is InChI=1S/C22H24N6O5S/c1-15-19(34-22(23-15)27-9-12-32-13-10-27)21(31)25-24-20(30)17-7-8-18(29)28(26-17)11-14-33-16-5-3-2-4-6-16/h2-8H,9-14H2,1H3,(H,24,30)(H,25,31). The van der Waals surface area contributed by atoms with Crippen molar-refractivity contribution >= 4 is 28.3 Å². The number of ether oxygens (including phenoxy) is 2. The van der Waals surface area contributed by atoms with Crippen LogP contribution in [-0.4, -0.2) is 59.5 Å². The van der Waals surface area contributed by atoms with Gasteiger partial charge in [0.25, 0.3) is 17.4 Å². The molecule has 4 rings (SSSR count). The zero-order chi connectivity index (χ0) is 23.9. The summed E-state index contributed by atoms with van der Waals surface area (Å²) in [6.07, 6.45) is 0. The fourth-order valence-corrected chi connectivity index (χ4v) is 4.23. The van der Waals surface area contributed by atoms with E-state index in [0.29, 0.717) is 42.6 Å². The van der Waals surface area contributed by atoms with Crippen LogP contribution in [0.3, 0.4) is 0 Å². The third kappa shape index (κ3) is 5.77. The second kappa shape index (κ2) is 10.9. The van der Waals surface area contributed by atoms with Crippen LogP contribution in [0.5, 0.6) is 5.75 Å². The quantitative estimate of drug-likeness (QED) is 0.476. The van der Waals surface area contributed by atoms with Crippen LogP contribution in [0.25, 0.3) is 0 Å². The summed E-state index contributed by atoms with van der Waals surface area (Å²) in [6, 6.07) is 11.7. The van der Waals surface area contributed by atoms with E-state index in [1.807, 2.05) is 18.2 Å². The minimum Gasteiger partial charge on any atom is -0.492 e. The van der Waals surface area contributed by atoms with Gasteiger partial charge in [0.05, 0.1) is 25.5 Å². The van der Waals surface area contributed by atoms with Crippen molar-refractivity contribution in [3.63, 3.8) is 0 Å². The topological polar surface area (TPSA) is 128 Å². The molecular formula is C22H24N6O5S. The fourth-order valence-electron chi connectivity index (χ4n) is 3.21. The van der Waals surface area contributed by atoms with Crippen LogP contribution in [-0.2, 0) is 11.3 Å². The van der Waals surface area contributed by atoms with Crippen molar-refractivity contribution in [1.82, 2.24) is 25.6 Å². The van der Waals surface area contributed by atoms with E-state index in [4.69, 9.17) is 9.47 Å². The number of benzene rings is 1. The molecule has 1 aliphatic heterocycles. The number of anilines is 1. The summed E-state index contributed by atoms with van der Waals surface area (Å²) in [7, 11) is 0. The highest BCUT2D eigenvalue weighted by atomic mass is 32.1. The van der Waals surface area contributed by atoms with Gasteiger partial charge in [0.2, 0.25) is 0 Å². The number of para-hydroxylation sites is 1. The third-order valence-electron chi connectivity index (χ3n) is 4.98. The minimum atomic E-state index is -0.651. The maximum absolute atomic E-state index is 12.6. The average molecular weight is 485 g/mol. The zero-order valence-corrected chi connectivity index (χ0v) is 19.3. The Bertz CT molecular complexity index is 1210. The Labute approximate surface area is 199 Å². The van der Waals surface area contributed by atoms with Gasteiger partial charge in [0, 0.05) is 19.2 Å². The van der Waals surface area contributed by atoms with Gasteiger partial charge in [-0.1, -0.05) is 29.5 Å². The van der Waals surface area contributed by atoms with Crippen LogP contribution in [0.1, 0.15) is 25.9 Å². The summed E-state index contributed by atoms with van der Waals surface area (Å²) in [5.41, 5.74) is 4.92. The van der Waals surface area contributed by atoms with Gasteiger partial charge in [-0.05, 0) is 25.1 Å². The van der Waals surface area contributed by atoms with Crippen LogP contribution in [0, 0.1) is 6.92 Å². The summed E-state index contributed by atoms with van der Waals surface area (Å²) >= 11 is 1.25. The molecule has 0 bridgehead atoms. The number of hydrazine groups is 1. The molecule has 3 aromatic rings. The van der Waals surface area contributed by atoms with Crippen LogP contribution < -0.4 is 26.0 Å². The van der Waals surface area contributed by atoms with Gasteiger partial charge in [-0.15, -0.1) is 0 Å². The molecule has 34 heavy (non-hydrogen) atoms. The van der Waals surface area contributed by atoms with Gasteiger partial charge >= 0.3 is 0 Å². The smallest absolute Gasteiger partial charge is 0.290 e. The Balaban J connectivity index is 1.33. The number of carbonyl (C=O) groups is 2. The monoisotopic (exact) mass is 484 g/mol. The second-order valence-corrected chi connectivity index (χ2v) is 8.34. The van der Waals surface area contributed by atoms with Crippen molar-refractivity contribution in [2.75, 3.05) is 37.8 Å². The van der Waals surface area contributed by atoms with E-state index in [0.717, 1.165) is 9.81 Å². The van der Waals surface area contributed by atoms with Crippen molar-refractivity contribution in [3.05, 3.63) is 69.1 Å². The number of aryl methyl sites for hydroxylation is 1. The van der Waals surface area contributed by atoms with Gasteiger partial charge < -0.3 is 14.4 Å². The molecule has 3 heterocycles. The van der Waals surface area contributed by atoms with Crippen LogP contribution in [0.15, 0.2) is 47.3 Å². The number of amides is 2. The highest BCUT2D eigenvalue weighted by molar-refractivity contribution is 7.17. The van der Waals surface area contributed by atoms with Crippen LogP contribution in [0.2, 0.25) is 0 Å². The molecule has 0 saturated carbocycles. The normalized spacial score (nSPS) is 13.4. The number of rotatable bonds is 7. The Kier molecular flexibility index (Phi) is 7.50. The molecule has 11 nitrogen and oxygen atoms in total. The van der Waals surface area contributed by atoms with Crippen molar-refractivity contribution in [2.24, 2.45) is 0 Å². The summed E-state index contributed by atoms with van der Waals surface area (Å²) in [5, 5.41) is 4.81. The molecule has 0 unspecified atom stereocenters. The van der Waals surface area contributed by atoms with Gasteiger partial charge in [0.1, 0.15) is 17.2 Å². The molecule has 1 saturated heterocycles. The first kappa shape index (κ1) is 23.4. The molecule has 0 aliphatic carbocycles. The molecule has 1 aromatic carbocycles. The second-order valence-electron chi connectivity index (χ2n) is 7.36. The Morgan fingerprint density at radius 2 is 1.82 bits per heavy atom. The molecule has 2 aromatic heterocycles. The third-order valence-corrected chi connectivity index (χ3v) is 6.19. The van der Waals surface area contributed by atoms with E-state index in [1.165, 1.54) is 23.5 Å². The molecule has 12 heteroatoms. The van der Waals surface area contributed by atoms with Crippen molar-refractivity contribution in [2.45, 2.75) is 13.5 Å². The molecule has 0 spiro atoms. The Morgan fingerprint density at radius 3 is 2.59 bits per heavy atom. The lowest BCUT2D eigenvalue weighted by atomic mass is 10.3. The lowest BCUT2D eigenvalue weighted by Crippen LogP contribution is -2.42. The summed E-state index contributed by atoms with van der Waals surface area (Å²) in [6.45, 7) is 4.76. The number of morpholine rings is 1. The number of nitrogens with one attached hydrogen (secondary N) is 2. The molecule has 1 aliphatic rings. The van der Waals surface area contributed by atoms with Gasteiger partial charge in [0.15, 0.2) is 10.8 Å². The molecule has 178 valence electrons. The van der Waals surface area contributed by atoms with E-state index in [-0.39, 0.29) is 24.4 Å². The summed E-state index contributed by atoms with van der Waals surface area (Å²) < 4.78 is 12.1. The molecule has 0 atom stereocenters. The summed E-state index contributed by atoms with van der Waals surface area (Å²) in [4.78, 5) is 44.1. The number of nitrogens with zero attached hydrogens (tertiary/aromatic N) is 4. The van der Waals surface area contributed by atoms with E-state index in [9.17, 15) is 14.4 Å². The largest absolute Gasteiger partial charge is 0.492 e. The predicted octanol–water partition coefficient (Wildman–Crippen LogP) is 0.999. The average Bonchev–Trinajstić information content (AvgIpc) is 3.26. The Hall–Kier alpha value is -3.77. The SMILES string of the molecule is Cc1nc(N2CCOCC2)sc1C(=O)NNC(=O)c1ccc(=O)n(CCOc2ccccc2)n1. The van der Waals surface area contributed by atoms with Crippen LogP contribution in [0.4, 0.5) is 5.13 Å². The van der Waals surface area contributed by atoms with E-state index < -0.39 is 11.8 Å². The lowest BCUT2D eigenvalue weighted by Gasteiger charge is -2.25. The number of carbonyl (C=O) groups excluding carboxylic acids is 2. The minimum absolute atomic E-state index is 0.0188. The first-order valence-electron chi connectivity index (χ1n) is 10.7. The van der Waals surface area contributed by atoms with E-state index in [2.05, 4.69) is 25.8 Å². The molecule has 0 radical (unpaired) electrons.